The summed E-state index contributed by atoms with van der Waals surface area (Å²) in [6.45, 7) is 1.65. The molecule has 0 aliphatic rings. The van der Waals surface area contributed by atoms with Gasteiger partial charge < -0.3 is 10.0 Å². The van der Waals surface area contributed by atoms with Gasteiger partial charge in [-0.05, 0) is 18.5 Å². The Kier molecular flexibility index (Phi) is 3.79. The molecule has 1 unspecified atom stereocenters. The summed E-state index contributed by atoms with van der Waals surface area (Å²) in [5, 5.41) is 16.2. The highest BCUT2D eigenvalue weighted by Crippen LogP contribution is 2.16. The minimum atomic E-state index is -0.282. The average Bonchev–Trinajstić information content (AvgIpc) is 2.61. The molecule has 1 heterocycles. The molecule has 1 aromatic rings. The number of rotatable bonds is 3. The third-order valence-corrected chi connectivity index (χ3v) is 2.84. The van der Waals surface area contributed by atoms with E-state index in [1.807, 2.05) is 0 Å². The molecular weight excluding hydrogens is 226 g/mol. The Bertz CT molecular complexity index is 330. The quantitative estimate of drug-likeness (QED) is 0.835. The maximum absolute atomic E-state index is 11.6. The van der Waals surface area contributed by atoms with Gasteiger partial charge in [-0.3, -0.25) is 4.79 Å². The van der Waals surface area contributed by atoms with Crippen molar-refractivity contribution in [3.63, 3.8) is 0 Å². The van der Waals surface area contributed by atoms with Gasteiger partial charge in [0, 0.05) is 7.05 Å². The van der Waals surface area contributed by atoms with Crippen molar-refractivity contribution in [2.24, 2.45) is 0 Å². The molecule has 1 rings (SSSR count). The lowest BCUT2D eigenvalue weighted by Gasteiger charge is -2.21. The van der Waals surface area contributed by atoms with Crippen LogP contribution in [0.15, 0.2) is 0 Å². The lowest BCUT2D eigenvalue weighted by Crippen LogP contribution is -2.37. The van der Waals surface area contributed by atoms with Crippen molar-refractivity contribution in [2.75, 3.05) is 13.7 Å². The van der Waals surface area contributed by atoms with Crippen LogP contribution in [0.25, 0.3) is 0 Å². The SMILES string of the molecule is CC(CO)N(C)C(=O)c1nnc(Cl)s1. The van der Waals surface area contributed by atoms with Crippen LogP contribution >= 0.6 is 22.9 Å². The van der Waals surface area contributed by atoms with Gasteiger partial charge in [0.25, 0.3) is 5.91 Å². The zero-order valence-electron chi connectivity index (χ0n) is 7.77. The molecule has 0 aliphatic carbocycles. The molecule has 0 bridgehead atoms. The smallest absolute Gasteiger partial charge is 0.284 e. The number of carbonyl (C=O) groups excluding carboxylic acids is 1. The molecule has 0 aromatic carbocycles. The Morgan fingerprint density at radius 1 is 1.71 bits per heavy atom. The molecule has 0 spiro atoms. The van der Waals surface area contributed by atoms with Crippen molar-refractivity contribution in [3.8, 4) is 0 Å². The van der Waals surface area contributed by atoms with Gasteiger partial charge in [-0.2, -0.15) is 0 Å². The van der Waals surface area contributed by atoms with Crippen molar-refractivity contribution >= 4 is 28.8 Å². The van der Waals surface area contributed by atoms with Gasteiger partial charge in [-0.1, -0.05) is 11.3 Å². The lowest BCUT2D eigenvalue weighted by atomic mass is 10.3. The highest BCUT2D eigenvalue weighted by molar-refractivity contribution is 7.17. The first-order valence-corrected chi connectivity index (χ1v) is 5.12. The Labute approximate surface area is 90.3 Å². The molecule has 1 amide bonds. The molecule has 1 N–H and O–H groups in total. The highest BCUT2D eigenvalue weighted by atomic mass is 35.5. The molecule has 0 saturated heterocycles. The Hall–Kier alpha value is -0.720. The van der Waals surface area contributed by atoms with Gasteiger partial charge in [0.1, 0.15) is 0 Å². The average molecular weight is 236 g/mol. The Morgan fingerprint density at radius 3 is 2.79 bits per heavy atom. The van der Waals surface area contributed by atoms with E-state index in [0.717, 1.165) is 11.3 Å². The van der Waals surface area contributed by atoms with E-state index < -0.39 is 0 Å². The summed E-state index contributed by atoms with van der Waals surface area (Å²) >= 11 is 6.57. The molecule has 0 saturated carbocycles. The van der Waals surface area contributed by atoms with Crippen LogP contribution < -0.4 is 0 Å². The number of likely N-dealkylation sites (N-methyl/N-ethyl adjacent to an activating group) is 1. The number of nitrogens with zero attached hydrogens (tertiary/aromatic N) is 3. The molecular formula is C7H10ClN3O2S. The fourth-order valence-corrected chi connectivity index (χ4v) is 1.58. The third-order valence-electron chi connectivity index (χ3n) is 1.83. The molecule has 0 radical (unpaired) electrons. The summed E-state index contributed by atoms with van der Waals surface area (Å²) in [4.78, 5) is 13.0. The summed E-state index contributed by atoms with van der Waals surface area (Å²) in [7, 11) is 1.60. The maximum Gasteiger partial charge on any atom is 0.284 e. The van der Waals surface area contributed by atoms with E-state index in [-0.39, 0.29) is 28.0 Å². The number of hydrogen-bond acceptors (Lipinski definition) is 5. The summed E-state index contributed by atoms with van der Waals surface area (Å²) in [5.74, 6) is -0.282. The number of carbonyl (C=O) groups is 1. The monoisotopic (exact) mass is 235 g/mol. The highest BCUT2D eigenvalue weighted by Gasteiger charge is 2.20. The molecule has 7 heteroatoms. The number of aliphatic hydroxyl groups is 1. The Morgan fingerprint density at radius 2 is 2.36 bits per heavy atom. The van der Waals surface area contributed by atoms with Crippen molar-refractivity contribution < 1.29 is 9.90 Å². The van der Waals surface area contributed by atoms with Crippen molar-refractivity contribution in [2.45, 2.75) is 13.0 Å². The van der Waals surface area contributed by atoms with Crippen LogP contribution in [0, 0.1) is 0 Å². The van der Waals surface area contributed by atoms with E-state index in [1.165, 1.54) is 4.90 Å². The van der Waals surface area contributed by atoms with Crippen molar-refractivity contribution in [1.29, 1.82) is 0 Å². The zero-order chi connectivity index (χ0) is 10.7. The minimum Gasteiger partial charge on any atom is -0.394 e. The topological polar surface area (TPSA) is 66.3 Å². The summed E-state index contributed by atoms with van der Waals surface area (Å²) in [6.07, 6.45) is 0. The van der Waals surface area contributed by atoms with Crippen LogP contribution in [-0.4, -0.2) is 45.8 Å². The van der Waals surface area contributed by atoms with E-state index >= 15 is 0 Å². The van der Waals surface area contributed by atoms with Gasteiger partial charge in [0.15, 0.2) is 0 Å². The Balaban J connectivity index is 2.75. The summed E-state index contributed by atoms with van der Waals surface area (Å²) in [6, 6.07) is -0.245. The fraction of sp³-hybridized carbons (Fsp3) is 0.571. The molecule has 14 heavy (non-hydrogen) atoms. The van der Waals surface area contributed by atoms with Crippen LogP contribution in [0.4, 0.5) is 0 Å². The second-order valence-electron chi connectivity index (χ2n) is 2.81. The van der Waals surface area contributed by atoms with E-state index in [2.05, 4.69) is 10.2 Å². The third kappa shape index (κ3) is 2.40. The molecule has 0 fully saturated rings. The van der Waals surface area contributed by atoms with Crippen LogP contribution in [0.2, 0.25) is 4.47 Å². The van der Waals surface area contributed by atoms with Crippen LogP contribution in [0.3, 0.4) is 0 Å². The van der Waals surface area contributed by atoms with Crippen LogP contribution in [0.1, 0.15) is 16.7 Å². The second kappa shape index (κ2) is 4.68. The summed E-state index contributed by atoms with van der Waals surface area (Å²) < 4.78 is 0.235. The molecule has 78 valence electrons. The number of amides is 1. The van der Waals surface area contributed by atoms with Gasteiger partial charge in [0.2, 0.25) is 9.47 Å². The van der Waals surface area contributed by atoms with Gasteiger partial charge in [0.05, 0.1) is 12.6 Å². The number of aromatic nitrogens is 2. The second-order valence-corrected chi connectivity index (χ2v) is 4.37. The van der Waals surface area contributed by atoms with E-state index in [4.69, 9.17) is 16.7 Å². The first kappa shape index (κ1) is 11.4. The first-order valence-electron chi connectivity index (χ1n) is 3.93. The van der Waals surface area contributed by atoms with E-state index in [0.29, 0.717) is 0 Å². The molecule has 1 atom stereocenters. The van der Waals surface area contributed by atoms with E-state index in [1.54, 1.807) is 14.0 Å². The van der Waals surface area contributed by atoms with Gasteiger partial charge in [-0.25, -0.2) is 0 Å². The predicted octanol–water partition coefficient (Wildman–Crippen LogP) is 0.644. The number of aliphatic hydroxyl groups excluding tert-OH is 1. The van der Waals surface area contributed by atoms with Crippen LogP contribution in [-0.2, 0) is 0 Å². The zero-order valence-corrected chi connectivity index (χ0v) is 9.34. The normalized spacial score (nSPS) is 12.6. The summed E-state index contributed by atoms with van der Waals surface area (Å²) in [5.41, 5.74) is 0. The van der Waals surface area contributed by atoms with Crippen LogP contribution in [0.5, 0.6) is 0 Å². The molecule has 5 nitrogen and oxygen atoms in total. The molecule has 1 aromatic heterocycles. The number of hydrogen-bond donors (Lipinski definition) is 1. The minimum absolute atomic E-state index is 0.0885. The van der Waals surface area contributed by atoms with Gasteiger partial charge >= 0.3 is 0 Å². The molecule has 0 aliphatic heterocycles. The standard InChI is InChI=1S/C7H10ClN3O2S/c1-4(3-12)11(2)6(13)5-9-10-7(8)14-5/h4,12H,3H2,1-2H3. The van der Waals surface area contributed by atoms with E-state index in [9.17, 15) is 4.79 Å². The lowest BCUT2D eigenvalue weighted by molar-refractivity contribution is 0.0681. The fourth-order valence-electron chi connectivity index (χ4n) is 0.765. The number of halogens is 1. The van der Waals surface area contributed by atoms with Gasteiger partial charge in [-0.15, -0.1) is 10.2 Å². The maximum atomic E-state index is 11.6. The predicted molar refractivity (Wildman–Crippen MR) is 53.6 cm³/mol. The van der Waals surface area contributed by atoms with Crippen molar-refractivity contribution in [3.05, 3.63) is 9.47 Å². The first-order chi connectivity index (χ1) is 6.56. The van der Waals surface area contributed by atoms with Crippen molar-refractivity contribution in [1.82, 2.24) is 15.1 Å². The largest absolute Gasteiger partial charge is 0.394 e.